The lowest BCUT2D eigenvalue weighted by Gasteiger charge is -2.30. The van der Waals surface area contributed by atoms with Crippen LogP contribution in [0, 0.1) is 11.8 Å². The number of rotatable bonds is 6. The predicted molar refractivity (Wildman–Crippen MR) is 166 cm³/mol. The first kappa shape index (κ1) is 36.6. The Morgan fingerprint density at radius 3 is 2.39 bits per heavy atom. The molecule has 0 aromatic rings. The number of nitrogens with two attached hydrogens (primary N) is 2. The van der Waals surface area contributed by atoms with Gasteiger partial charge >= 0.3 is 6.09 Å². The average Bonchev–Trinajstić information content (AvgIpc) is 2.93. The van der Waals surface area contributed by atoms with Crippen LogP contribution in [0.5, 0.6) is 0 Å². The summed E-state index contributed by atoms with van der Waals surface area (Å²) in [6.07, 6.45) is 3.69. The maximum Gasteiger partial charge on any atom is 0.405 e. The molecule has 7 N–H and O–H groups in total. The molecule has 0 fully saturated rings. The van der Waals surface area contributed by atoms with Crippen molar-refractivity contribution in [3.63, 3.8) is 0 Å². The van der Waals surface area contributed by atoms with Gasteiger partial charge < -0.3 is 41.4 Å². The highest BCUT2D eigenvalue weighted by Gasteiger charge is 2.34. The van der Waals surface area contributed by atoms with Gasteiger partial charge in [-0.3, -0.25) is 14.4 Å². The maximum atomic E-state index is 13.7. The Hall–Kier alpha value is -3.58. The van der Waals surface area contributed by atoms with Crippen LogP contribution in [0.3, 0.4) is 0 Å². The van der Waals surface area contributed by atoms with Crippen molar-refractivity contribution in [1.82, 2.24) is 10.6 Å². The van der Waals surface area contributed by atoms with E-state index in [2.05, 4.69) is 10.6 Å². The third kappa shape index (κ3) is 10.3. The Morgan fingerprint density at radius 2 is 1.82 bits per heavy atom. The summed E-state index contributed by atoms with van der Waals surface area (Å²) < 4.78 is 16.6. The molecular weight excluding hydrogens is 568 g/mol. The van der Waals surface area contributed by atoms with Crippen molar-refractivity contribution in [3.05, 3.63) is 58.5 Å². The number of aliphatic hydroxyl groups excluding tert-OH is 1. The number of aliphatic hydroxyl groups is 1. The van der Waals surface area contributed by atoms with Crippen molar-refractivity contribution in [3.8, 4) is 0 Å². The van der Waals surface area contributed by atoms with Crippen LogP contribution in [-0.2, 0) is 28.6 Å². The van der Waals surface area contributed by atoms with E-state index in [4.69, 9.17) is 25.7 Å². The molecule has 0 spiro atoms. The first-order valence-corrected chi connectivity index (χ1v) is 14.6. The van der Waals surface area contributed by atoms with Gasteiger partial charge in [0.1, 0.15) is 6.10 Å². The fourth-order valence-corrected chi connectivity index (χ4v) is 5.09. The van der Waals surface area contributed by atoms with Crippen LogP contribution < -0.4 is 22.1 Å². The Labute approximate surface area is 259 Å². The number of methoxy groups -OCH3 is 2. The summed E-state index contributed by atoms with van der Waals surface area (Å²) in [4.78, 5) is 51.7. The van der Waals surface area contributed by atoms with Crippen molar-refractivity contribution < 1.29 is 38.5 Å². The van der Waals surface area contributed by atoms with Gasteiger partial charge in [0.2, 0.25) is 11.6 Å². The van der Waals surface area contributed by atoms with Crippen molar-refractivity contribution in [2.75, 3.05) is 20.8 Å². The molecule has 0 saturated heterocycles. The number of Topliss-reactive ketones (excluding diaryl/α,β-unsaturated/α-hetero) is 1. The van der Waals surface area contributed by atoms with E-state index in [1.165, 1.54) is 20.3 Å². The van der Waals surface area contributed by atoms with Crippen LogP contribution >= 0.6 is 0 Å². The molecule has 0 radical (unpaired) electrons. The van der Waals surface area contributed by atoms with Crippen LogP contribution in [-0.4, -0.2) is 79.4 Å². The standard InChI is InChI=1S/C32H48N4O8/c1-17-12-21-26(35-16-32(5,6)34)23(37)15-22(28(21)39)36-30(40)18(2)10-9-11-24(42-7)29(44-31(33)41)20(4)14-19(3)27(38)25(13-17)43-8/h9-11,14-15,17,19,24-25,27,29,35,38H,12-13,16,34H2,1-8H3,(H2,33,41)(H,36,40)/b11-9-,18-10-,20-14-/t17-,19+,24+,25+,27-,29+/m1/s1. The smallest absolute Gasteiger partial charge is 0.405 e. The number of primary amides is 1. The predicted octanol–water partition coefficient (Wildman–Crippen LogP) is 2.09. The van der Waals surface area contributed by atoms with Gasteiger partial charge in [0.05, 0.1) is 23.6 Å². The number of ketones is 2. The third-order valence-electron chi connectivity index (χ3n) is 7.51. The summed E-state index contributed by atoms with van der Waals surface area (Å²) >= 11 is 0. The first-order valence-electron chi connectivity index (χ1n) is 14.6. The third-order valence-corrected chi connectivity index (χ3v) is 7.51. The lowest BCUT2D eigenvalue weighted by Crippen LogP contribution is -2.45. The van der Waals surface area contributed by atoms with Crippen LogP contribution in [0.15, 0.2) is 58.5 Å². The van der Waals surface area contributed by atoms with E-state index in [1.54, 1.807) is 52.8 Å². The summed E-state index contributed by atoms with van der Waals surface area (Å²) in [6, 6.07) is 0. The van der Waals surface area contributed by atoms with Gasteiger partial charge in [0.15, 0.2) is 6.10 Å². The van der Waals surface area contributed by atoms with Gasteiger partial charge in [-0.1, -0.05) is 38.2 Å². The molecule has 1 aliphatic heterocycles. The van der Waals surface area contributed by atoms with Gasteiger partial charge in [-0.25, -0.2) is 4.79 Å². The Morgan fingerprint density at radius 1 is 1.16 bits per heavy atom. The van der Waals surface area contributed by atoms with Gasteiger partial charge in [0.25, 0.3) is 5.91 Å². The maximum absolute atomic E-state index is 13.7. The minimum absolute atomic E-state index is 0.131. The number of nitrogens with one attached hydrogen (secondary N) is 2. The molecule has 12 heteroatoms. The SMILES string of the molecule is CO[C@H]1/C=C\C=C(\C)C(=O)NC2=CC(=O)C(NCC(C)(C)N)=C(C[C@@H](C)C[C@H](OC)[C@H](O)[C@@H](C)/C=C(/C)[C@@H]1OC(N)=O)C2=O. The van der Waals surface area contributed by atoms with Crippen molar-refractivity contribution >= 4 is 23.6 Å². The highest BCUT2D eigenvalue weighted by molar-refractivity contribution is 6.23. The molecule has 44 heavy (non-hydrogen) atoms. The first-order chi connectivity index (χ1) is 20.5. The normalized spacial score (nSPS) is 31.2. The van der Waals surface area contributed by atoms with Gasteiger partial charge in [-0.15, -0.1) is 0 Å². The minimum atomic E-state index is -1.00. The second-order valence-corrected chi connectivity index (χ2v) is 12.3. The van der Waals surface area contributed by atoms with E-state index in [-0.39, 0.29) is 41.4 Å². The van der Waals surface area contributed by atoms with Gasteiger partial charge in [0, 0.05) is 49.4 Å². The zero-order valence-electron chi connectivity index (χ0n) is 26.9. The fraction of sp³-hybridized carbons (Fsp3) is 0.562. The van der Waals surface area contributed by atoms with E-state index in [0.29, 0.717) is 12.0 Å². The Balaban J connectivity index is 2.63. The summed E-state index contributed by atoms with van der Waals surface area (Å²) in [7, 11) is 2.92. The molecule has 244 valence electrons. The van der Waals surface area contributed by atoms with E-state index in [0.717, 1.165) is 6.08 Å². The van der Waals surface area contributed by atoms with Gasteiger partial charge in [-0.2, -0.15) is 0 Å². The number of allylic oxidation sites excluding steroid dienone is 4. The molecular formula is C32H48N4O8. The van der Waals surface area contributed by atoms with E-state index >= 15 is 0 Å². The lowest BCUT2D eigenvalue weighted by molar-refractivity contribution is -0.120. The molecule has 0 saturated carbocycles. The average molecular weight is 617 g/mol. The summed E-state index contributed by atoms with van der Waals surface area (Å²) in [5.74, 6) is -2.21. The topological polar surface area (TPSA) is 192 Å². The molecule has 0 unspecified atom stereocenters. The molecule has 1 aliphatic carbocycles. The number of hydrogen-bond acceptors (Lipinski definition) is 10. The number of amides is 2. The van der Waals surface area contributed by atoms with Crippen LogP contribution in [0.25, 0.3) is 0 Å². The van der Waals surface area contributed by atoms with Crippen molar-refractivity contribution in [2.45, 2.75) is 84.3 Å². The zero-order chi connectivity index (χ0) is 33.4. The summed E-state index contributed by atoms with van der Waals surface area (Å²) in [5, 5.41) is 16.9. The number of ether oxygens (including phenoxy) is 3. The molecule has 12 nitrogen and oxygen atoms in total. The second-order valence-electron chi connectivity index (χ2n) is 12.3. The molecule has 2 rings (SSSR count). The molecule has 6 atom stereocenters. The van der Waals surface area contributed by atoms with Crippen molar-refractivity contribution in [2.24, 2.45) is 23.3 Å². The van der Waals surface area contributed by atoms with Crippen LogP contribution in [0.4, 0.5) is 4.79 Å². The molecule has 0 aromatic carbocycles. The Bertz CT molecular complexity index is 1260. The quantitative estimate of drug-likeness (QED) is 0.218. The summed E-state index contributed by atoms with van der Waals surface area (Å²) in [6.45, 7) is 10.8. The van der Waals surface area contributed by atoms with E-state index < -0.39 is 59.4 Å². The molecule has 2 bridgehead atoms. The van der Waals surface area contributed by atoms with Gasteiger partial charge in [-0.05, 0) is 52.0 Å². The van der Waals surface area contributed by atoms with E-state index in [1.807, 2.05) is 6.92 Å². The molecule has 1 heterocycles. The largest absolute Gasteiger partial charge is 0.439 e. The monoisotopic (exact) mass is 616 g/mol. The summed E-state index contributed by atoms with van der Waals surface area (Å²) in [5.41, 5.74) is 11.8. The molecule has 0 aromatic heterocycles. The highest BCUT2D eigenvalue weighted by atomic mass is 16.6. The second kappa shape index (κ2) is 15.9. The van der Waals surface area contributed by atoms with E-state index in [9.17, 15) is 24.3 Å². The van der Waals surface area contributed by atoms with Crippen LogP contribution in [0.1, 0.15) is 54.4 Å². The number of carbonyl (C=O) groups excluding carboxylic acids is 4. The molecule has 2 amide bonds. The number of fused-ring (bicyclic) bond motifs is 2. The number of hydrogen-bond donors (Lipinski definition) is 5. The van der Waals surface area contributed by atoms with Crippen molar-refractivity contribution in [1.29, 1.82) is 0 Å². The fourth-order valence-electron chi connectivity index (χ4n) is 5.09. The zero-order valence-corrected chi connectivity index (χ0v) is 26.9. The lowest BCUT2D eigenvalue weighted by atomic mass is 9.85. The molecule has 2 aliphatic rings. The van der Waals surface area contributed by atoms with Crippen LogP contribution in [0.2, 0.25) is 0 Å². The Kier molecular flexibility index (Phi) is 13.3. The number of carbonyl (C=O) groups is 4. The highest BCUT2D eigenvalue weighted by Crippen LogP contribution is 2.29. The minimum Gasteiger partial charge on any atom is -0.439 e.